The Bertz CT molecular complexity index is 2070. The van der Waals surface area contributed by atoms with Crippen LogP contribution in [0.25, 0.3) is 0 Å². The number of carbonyl (C=O) groups excluding carboxylic acids is 2. The maximum absolute atomic E-state index is 13.0. The van der Waals surface area contributed by atoms with Gasteiger partial charge < -0.3 is 54.6 Å². The van der Waals surface area contributed by atoms with Crippen LogP contribution in [0.15, 0.2) is 48.7 Å². The van der Waals surface area contributed by atoms with Gasteiger partial charge in [-0.05, 0) is 129 Å². The number of unbranched alkanes of at least 4 members (excludes halogenated alkanes) is 1. The van der Waals surface area contributed by atoms with Gasteiger partial charge in [-0.15, -0.1) is 5.10 Å². The van der Waals surface area contributed by atoms with E-state index in [-0.39, 0.29) is 48.1 Å². The lowest BCUT2D eigenvalue weighted by Crippen LogP contribution is -2.44. The maximum Gasteiger partial charge on any atom is 0.311 e. The first kappa shape index (κ1) is 59.9. The van der Waals surface area contributed by atoms with Crippen molar-refractivity contribution in [3.8, 4) is 11.5 Å². The largest absolute Gasteiger partial charge is 0.458 e. The summed E-state index contributed by atoms with van der Waals surface area (Å²) in [4.78, 5) is 25.2. The Morgan fingerprint density at radius 3 is 2.16 bits per heavy atom. The quantitative estimate of drug-likeness (QED) is 0.0540. The fraction of sp³-hybridized carbons (Fsp3) is 0.673. The molecule has 3 aromatic rings. The predicted molar refractivity (Wildman–Crippen MR) is 260 cm³/mol. The van der Waals surface area contributed by atoms with Crippen LogP contribution in [0.2, 0.25) is 0 Å². The molecule has 2 heterocycles. The van der Waals surface area contributed by atoms with Crippen molar-refractivity contribution >= 4 is 21.9 Å². The van der Waals surface area contributed by atoms with Gasteiger partial charge >= 0.3 is 10.1 Å². The molecule has 2 unspecified atom stereocenters. The van der Waals surface area contributed by atoms with Gasteiger partial charge in [0.1, 0.15) is 6.10 Å². The number of hydrogen-bond acceptors (Lipinski definition) is 15. The number of nitrogens with zero attached hydrogens (tertiary/aromatic N) is 3. The third-order valence-corrected chi connectivity index (χ3v) is 12.7. The number of aliphatic hydroxyl groups excluding tert-OH is 5. The van der Waals surface area contributed by atoms with E-state index in [1.54, 1.807) is 24.3 Å². The minimum Gasteiger partial charge on any atom is -0.458 e. The van der Waals surface area contributed by atoms with Gasteiger partial charge in [0.15, 0.2) is 11.5 Å². The zero-order valence-electron chi connectivity index (χ0n) is 42.3. The molecule has 7 N–H and O–H groups in total. The third kappa shape index (κ3) is 20.4. The van der Waals surface area contributed by atoms with E-state index in [1.807, 2.05) is 38.6 Å². The summed E-state index contributed by atoms with van der Waals surface area (Å²) < 4.78 is 49.6. The second kappa shape index (κ2) is 27.8. The van der Waals surface area contributed by atoms with Crippen LogP contribution >= 0.6 is 0 Å². The van der Waals surface area contributed by atoms with Gasteiger partial charge in [0.25, 0.3) is 11.8 Å². The number of rotatable bonds is 24. The summed E-state index contributed by atoms with van der Waals surface area (Å²) in [6.45, 7) is 21.9. The number of hydrogen-bond donors (Lipinski definition) is 7. The molecular formula is C49H81N5O13S. The summed E-state index contributed by atoms with van der Waals surface area (Å²) in [7, 11) is -3.04. The molecule has 1 aliphatic heterocycles. The number of benzene rings is 2. The van der Waals surface area contributed by atoms with Gasteiger partial charge in [0, 0.05) is 56.2 Å². The fourth-order valence-corrected chi connectivity index (χ4v) is 7.21. The van der Waals surface area contributed by atoms with E-state index < -0.39 is 57.0 Å². The maximum atomic E-state index is 13.0. The molecule has 1 saturated heterocycles. The first-order valence-corrected chi connectivity index (χ1v) is 25.0. The van der Waals surface area contributed by atoms with Gasteiger partial charge in [-0.2, -0.15) is 8.42 Å². The molecule has 0 bridgehead atoms. The molecular weight excluding hydrogens is 899 g/mol. The molecule has 4 rings (SSSR count). The van der Waals surface area contributed by atoms with E-state index in [4.69, 9.17) is 28.6 Å². The van der Waals surface area contributed by atoms with Crippen molar-refractivity contribution in [2.24, 2.45) is 5.92 Å². The number of ether oxygens (including phenoxy) is 3. The van der Waals surface area contributed by atoms with Gasteiger partial charge in [0.05, 0.1) is 40.9 Å². The van der Waals surface area contributed by atoms with Crippen LogP contribution in [0.5, 0.6) is 11.5 Å². The molecule has 386 valence electrons. The average molecular weight is 980 g/mol. The van der Waals surface area contributed by atoms with E-state index >= 15 is 0 Å². The summed E-state index contributed by atoms with van der Waals surface area (Å²) >= 11 is 0. The molecule has 2 amide bonds. The molecule has 0 radical (unpaired) electrons. The van der Waals surface area contributed by atoms with Crippen molar-refractivity contribution in [1.82, 2.24) is 25.6 Å². The Morgan fingerprint density at radius 2 is 1.57 bits per heavy atom. The highest BCUT2D eigenvalue weighted by molar-refractivity contribution is 7.87. The predicted octanol–water partition coefficient (Wildman–Crippen LogP) is 5.59. The zero-order valence-corrected chi connectivity index (χ0v) is 43.1. The first-order chi connectivity index (χ1) is 31.8. The summed E-state index contributed by atoms with van der Waals surface area (Å²) in [5.41, 5.74) is 1.28. The SMILES string of the molecule is CC(C)Cc1cn(C(C)(C)CCOC(C)(C)CCNC(=O)c2ccc(O[C@@H]3OC[C@H](O)CC3O)c(OS(=O)(=O)C(C)C)c2)nn1.CCCCC(O)c1ccc(C(=O)NC(C)(C)CCO)cc1.CO. The molecule has 0 aliphatic carbocycles. The summed E-state index contributed by atoms with van der Waals surface area (Å²) in [6, 6.07) is 11.2. The summed E-state index contributed by atoms with van der Waals surface area (Å²) in [6.07, 6.45) is 3.83. The van der Waals surface area contributed by atoms with Crippen molar-refractivity contribution in [3.05, 3.63) is 71.0 Å². The number of nitrogens with one attached hydrogen (secondary N) is 2. The van der Waals surface area contributed by atoms with Crippen LogP contribution in [0.3, 0.4) is 0 Å². The lowest BCUT2D eigenvalue weighted by Gasteiger charge is -2.31. The molecule has 2 aromatic carbocycles. The van der Waals surface area contributed by atoms with Crippen LogP contribution in [0, 0.1) is 5.92 Å². The lowest BCUT2D eigenvalue weighted by molar-refractivity contribution is -0.199. The van der Waals surface area contributed by atoms with E-state index in [0.717, 1.165) is 44.1 Å². The van der Waals surface area contributed by atoms with Gasteiger partial charge in [-0.3, -0.25) is 9.59 Å². The minimum absolute atomic E-state index is 0.0317. The molecule has 18 nitrogen and oxygen atoms in total. The second-order valence-electron chi connectivity index (χ2n) is 19.6. The molecule has 1 aromatic heterocycles. The minimum atomic E-state index is -4.04. The van der Waals surface area contributed by atoms with Crippen LogP contribution < -0.4 is 19.6 Å². The number of amides is 2. The highest BCUT2D eigenvalue weighted by atomic mass is 32.2. The normalized spacial score (nSPS) is 17.1. The van der Waals surface area contributed by atoms with Crippen LogP contribution in [-0.4, -0.2) is 129 Å². The van der Waals surface area contributed by atoms with Crippen molar-refractivity contribution in [1.29, 1.82) is 0 Å². The molecule has 68 heavy (non-hydrogen) atoms. The first-order valence-electron chi connectivity index (χ1n) is 23.5. The van der Waals surface area contributed by atoms with E-state index in [2.05, 4.69) is 55.6 Å². The second-order valence-corrected chi connectivity index (χ2v) is 21.7. The Labute approximate surface area is 404 Å². The lowest BCUT2D eigenvalue weighted by atomic mass is 9.99. The molecule has 1 fully saturated rings. The molecule has 0 spiro atoms. The van der Waals surface area contributed by atoms with Gasteiger partial charge in [-0.1, -0.05) is 51.0 Å². The third-order valence-electron chi connectivity index (χ3n) is 11.1. The molecule has 1 aliphatic rings. The highest BCUT2D eigenvalue weighted by Gasteiger charge is 2.33. The van der Waals surface area contributed by atoms with Crippen molar-refractivity contribution in [3.63, 3.8) is 0 Å². The average Bonchev–Trinajstić information content (AvgIpc) is 3.73. The van der Waals surface area contributed by atoms with Crippen molar-refractivity contribution in [2.45, 2.75) is 174 Å². The van der Waals surface area contributed by atoms with Crippen molar-refractivity contribution < 1.29 is 61.9 Å². The van der Waals surface area contributed by atoms with Crippen LogP contribution in [0.1, 0.15) is 159 Å². The Hall–Kier alpha value is -4.21. The Balaban J connectivity index is 0.000000576. The van der Waals surface area contributed by atoms with Crippen molar-refractivity contribution in [2.75, 3.05) is 33.5 Å². The highest BCUT2D eigenvalue weighted by Crippen LogP contribution is 2.33. The van der Waals surface area contributed by atoms with Crippen LogP contribution in [-0.2, 0) is 31.6 Å². The van der Waals surface area contributed by atoms with Gasteiger partial charge in [0.2, 0.25) is 6.29 Å². The van der Waals surface area contributed by atoms with Gasteiger partial charge in [-0.25, -0.2) is 4.68 Å². The Kier molecular flexibility index (Phi) is 24.5. The smallest absolute Gasteiger partial charge is 0.311 e. The number of aliphatic hydroxyl groups is 5. The van der Waals surface area contributed by atoms with Crippen LogP contribution in [0.4, 0.5) is 0 Å². The number of aromatic nitrogens is 3. The summed E-state index contributed by atoms with van der Waals surface area (Å²) in [5, 5.41) is 59.4. The fourth-order valence-electron chi connectivity index (χ4n) is 6.64. The Morgan fingerprint density at radius 1 is 0.926 bits per heavy atom. The molecule has 19 heteroatoms. The molecule has 4 atom stereocenters. The van der Waals surface area contributed by atoms with E-state index in [9.17, 15) is 33.3 Å². The zero-order chi connectivity index (χ0) is 51.5. The summed E-state index contributed by atoms with van der Waals surface area (Å²) in [5.74, 6) is -0.349. The standard InChI is InChI=1S/C31H50N4O9S.C17H27NO3.CH4O/c1-20(2)15-23-18-35(34-33-23)30(5,6)12-14-42-31(7,8)11-13-32-28(38)22-9-10-26(27(16-22)44-45(39,40)21(3)4)43-29-25(37)17-24(36)19-41-29;1-4-5-6-15(20)13-7-9-14(10-8-13)16(21)18-17(2,3)11-12-19;1-2/h9-10,16,18,20-21,24-25,29,36-37H,11-15,17,19H2,1-8H3,(H,32,38);7-10,15,19-20H,4-6,11-12H2,1-3H3,(H,18,21);2H,1H3/t24-,25?,29+;;/m1../s1. The molecule has 0 saturated carbocycles. The van der Waals surface area contributed by atoms with E-state index in [1.165, 1.54) is 32.0 Å². The monoisotopic (exact) mass is 980 g/mol. The topological polar surface area (TPSA) is 261 Å². The number of carbonyl (C=O) groups is 2. The van der Waals surface area contributed by atoms with E-state index in [0.29, 0.717) is 43.9 Å².